The van der Waals surface area contributed by atoms with Crippen LogP contribution in [0.2, 0.25) is 0 Å². The molecule has 0 aliphatic carbocycles. The quantitative estimate of drug-likeness (QED) is 0.250. The van der Waals surface area contributed by atoms with Crippen molar-refractivity contribution in [3.63, 3.8) is 0 Å². The number of carbonyl (C=O) groups is 3. The van der Waals surface area contributed by atoms with Gasteiger partial charge in [-0.25, -0.2) is 24.1 Å². The summed E-state index contributed by atoms with van der Waals surface area (Å²) < 4.78 is 18.4. The maximum atomic E-state index is 13.0. The highest BCUT2D eigenvalue weighted by atomic mass is 32.2. The summed E-state index contributed by atoms with van der Waals surface area (Å²) in [6.45, 7) is 1.43. The zero-order valence-electron chi connectivity index (χ0n) is 18.3. The monoisotopic (exact) mass is 494 g/mol. The summed E-state index contributed by atoms with van der Waals surface area (Å²) in [5.41, 5.74) is 1.50. The smallest absolute Gasteiger partial charge is 0.340 e. The van der Waals surface area contributed by atoms with E-state index in [9.17, 15) is 18.8 Å². The first kappa shape index (κ1) is 23.8. The van der Waals surface area contributed by atoms with E-state index in [0.717, 1.165) is 11.8 Å². The summed E-state index contributed by atoms with van der Waals surface area (Å²) >= 11 is 1.13. The lowest BCUT2D eigenvalue weighted by Crippen LogP contribution is -2.30. The fourth-order valence-electron chi connectivity index (χ4n) is 2.99. The number of aromatic nitrogens is 4. The fourth-order valence-corrected chi connectivity index (χ4v) is 3.83. The molecule has 2 aromatic heterocycles. The normalized spacial score (nSPS) is 11.6. The van der Waals surface area contributed by atoms with Gasteiger partial charge in [0.1, 0.15) is 17.7 Å². The standard InChI is InChI=1S/C23H19FN6O4S/c1-13(22(32)30-21-19-20(26-11-25-19)27-12-28-21)34-23(33)16-4-2-3-5-17(16)35-10-18(31)29-15-8-6-14(24)7-9-15/h2-9,11-13H,10H2,1H3,(H,29,31)(H2,25,26,27,28,30,32)/t13-/m1/s1. The highest BCUT2D eigenvalue weighted by molar-refractivity contribution is 8.00. The van der Waals surface area contributed by atoms with Gasteiger partial charge in [0.25, 0.3) is 5.91 Å². The number of hydrogen-bond acceptors (Lipinski definition) is 8. The van der Waals surface area contributed by atoms with Crippen molar-refractivity contribution < 1.29 is 23.5 Å². The minimum absolute atomic E-state index is 0.00556. The number of fused-ring (bicyclic) bond motifs is 1. The first-order valence-corrected chi connectivity index (χ1v) is 11.3. The lowest BCUT2D eigenvalue weighted by Gasteiger charge is -2.15. The van der Waals surface area contributed by atoms with Crippen LogP contribution in [0.15, 0.2) is 66.1 Å². The number of carbonyl (C=O) groups excluding carboxylic acids is 3. The Morgan fingerprint density at radius 1 is 1.06 bits per heavy atom. The summed E-state index contributed by atoms with van der Waals surface area (Å²) in [6, 6.07) is 12.0. The minimum atomic E-state index is -1.13. The van der Waals surface area contributed by atoms with Crippen LogP contribution in [0.5, 0.6) is 0 Å². The van der Waals surface area contributed by atoms with E-state index in [2.05, 4.69) is 30.6 Å². The number of imidazole rings is 1. The molecule has 35 heavy (non-hydrogen) atoms. The zero-order valence-corrected chi connectivity index (χ0v) is 19.1. The molecule has 0 saturated heterocycles. The van der Waals surface area contributed by atoms with Gasteiger partial charge in [-0.15, -0.1) is 11.8 Å². The molecule has 4 rings (SSSR count). The van der Waals surface area contributed by atoms with Crippen molar-refractivity contribution in [3.05, 3.63) is 72.6 Å². The van der Waals surface area contributed by atoms with Gasteiger partial charge in [0, 0.05) is 10.6 Å². The number of ether oxygens (including phenoxy) is 1. The lowest BCUT2D eigenvalue weighted by atomic mass is 10.2. The number of hydrogen-bond donors (Lipinski definition) is 3. The van der Waals surface area contributed by atoms with Crippen LogP contribution in [0, 0.1) is 5.82 Å². The predicted molar refractivity (Wildman–Crippen MR) is 127 cm³/mol. The Morgan fingerprint density at radius 3 is 2.63 bits per heavy atom. The van der Waals surface area contributed by atoms with Gasteiger partial charge in [-0.1, -0.05) is 12.1 Å². The second-order valence-corrected chi connectivity index (χ2v) is 8.22. The summed E-state index contributed by atoms with van der Waals surface area (Å²) in [5, 5.41) is 5.24. The van der Waals surface area contributed by atoms with Crippen molar-refractivity contribution in [2.75, 3.05) is 16.4 Å². The number of nitrogens with one attached hydrogen (secondary N) is 3. The number of halogens is 1. The largest absolute Gasteiger partial charge is 0.449 e. The molecule has 0 saturated carbocycles. The fraction of sp³-hybridized carbons (Fsp3) is 0.130. The van der Waals surface area contributed by atoms with E-state index in [1.165, 1.54) is 43.8 Å². The van der Waals surface area contributed by atoms with E-state index in [-0.39, 0.29) is 23.0 Å². The second kappa shape index (κ2) is 10.7. The van der Waals surface area contributed by atoms with Crippen molar-refractivity contribution in [1.82, 2.24) is 19.9 Å². The molecule has 0 aliphatic rings. The van der Waals surface area contributed by atoms with E-state index >= 15 is 0 Å². The van der Waals surface area contributed by atoms with E-state index in [1.807, 2.05) is 0 Å². The Morgan fingerprint density at radius 2 is 1.83 bits per heavy atom. The van der Waals surface area contributed by atoms with Crippen molar-refractivity contribution in [3.8, 4) is 0 Å². The maximum absolute atomic E-state index is 13.0. The molecule has 1 atom stereocenters. The van der Waals surface area contributed by atoms with Crippen LogP contribution in [-0.2, 0) is 14.3 Å². The molecule has 178 valence electrons. The van der Waals surface area contributed by atoms with Gasteiger partial charge in [0.05, 0.1) is 17.6 Å². The molecule has 0 bridgehead atoms. The van der Waals surface area contributed by atoms with Gasteiger partial charge < -0.3 is 20.4 Å². The number of esters is 1. The van der Waals surface area contributed by atoms with Crippen LogP contribution in [0.4, 0.5) is 15.9 Å². The average molecular weight is 495 g/mol. The Bertz CT molecular complexity index is 1380. The number of H-pyrrole nitrogens is 1. The number of amides is 2. The molecule has 2 amide bonds. The summed E-state index contributed by atoms with van der Waals surface area (Å²) in [6.07, 6.45) is 1.55. The molecule has 2 heterocycles. The summed E-state index contributed by atoms with van der Waals surface area (Å²) in [7, 11) is 0. The van der Waals surface area contributed by atoms with Gasteiger partial charge in [-0.05, 0) is 43.3 Å². The van der Waals surface area contributed by atoms with E-state index in [4.69, 9.17) is 4.74 Å². The molecule has 0 unspecified atom stereocenters. The highest BCUT2D eigenvalue weighted by Gasteiger charge is 2.22. The SMILES string of the molecule is C[C@@H](OC(=O)c1ccccc1SCC(=O)Nc1ccc(F)cc1)C(=O)Nc1ncnc2nc[nH]c12. The topological polar surface area (TPSA) is 139 Å². The van der Waals surface area contributed by atoms with Crippen molar-refractivity contribution >= 4 is 52.2 Å². The summed E-state index contributed by atoms with van der Waals surface area (Å²) in [5.74, 6) is -1.82. The van der Waals surface area contributed by atoms with Crippen LogP contribution < -0.4 is 10.6 Å². The molecular formula is C23H19FN6O4S. The molecule has 0 radical (unpaired) electrons. The molecule has 4 aromatic rings. The Hall–Kier alpha value is -4.32. The number of benzene rings is 2. The zero-order chi connectivity index (χ0) is 24.8. The van der Waals surface area contributed by atoms with Crippen LogP contribution in [-0.4, -0.2) is 49.6 Å². The minimum Gasteiger partial charge on any atom is -0.449 e. The number of thioether (sulfide) groups is 1. The molecule has 3 N–H and O–H groups in total. The van der Waals surface area contributed by atoms with Gasteiger partial charge in [0.2, 0.25) is 5.91 Å². The van der Waals surface area contributed by atoms with E-state index < -0.39 is 23.8 Å². The van der Waals surface area contributed by atoms with Crippen LogP contribution in [0.25, 0.3) is 11.2 Å². The number of anilines is 2. The second-order valence-electron chi connectivity index (χ2n) is 7.20. The van der Waals surface area contributed by atoms with Crippen molar-refractivity contribution in [2.24, 2.45) is 0 Å². The Balaban J connectivity index is 1.36. The molecule has 0 spiro atoms. The molecule has 12 heteroatoms. The maximum Gasteiger partial charge on any atom is 0.340 e. The first-order valence-electron chi connectivity index (χ1n) is 10.3. The predicted octanol–water partition coefficient (Wildman–Crippen LogP) is 3.41. The summed E-state index contributed by atoms with van der Waals surface area (Å²) in [4.78, 5) is 52.9. The molecule has 0 aliphatic heterocycles. The van der Waals surface area contributed by atoms with Gasteiger partial charge in [0.15, 0.2) is 17.6 Å². The van der Waals surface area contributed by atoms with Crippen LogP contribution in [0.1, 0.15) is 17.3 Å². The third-order valence-corrected chi connectivity index (χ3v) is 5.78. The number of rotatable bonds is 8. The Labute approximate surface area is 202 Å². The lowest BCUT2D eigenvalue weighted by molar-refractivity contribution is -0.123. The molecule has 2 aromatic carbocycles. The van der Waals surface area contributed by atoms with Gasteiger partial charge >= 0.3 is 5.97 Å². The van der Waals surface area contributed by atoms with E-state index in [1.54, 1.807) is 24.3 Å². The van der Waals surface area contributed by atoms with Crippen LogP contribution >= 0.6 is 11.8 Å². The van der Waals surface area contributed by atoms with Crippen molar-refractivity contribution in [1.29, 1.82) is 0 Å². The third kappa shape index (κ3) is 5.98. The molecule has 10 nitrogen and oxygen atoms in total. The highest BCUT2D eigenvalue weighted by Crippen LogP contribution is 2.24. The Kier molecular flexibility index (Phi) is 7.31. The molecule has 0 fully saturated rings. The number of nitrogens with zero attached hydrogens (tertiary/aromatic N) is 3. The average Bonchev–Trinajstić information content (AvgIpc) is 3.34. The number of aromatic amines is 1. The first-order chi connectivity index (χ1) is 16.9. The van der Waals surface area contributed by atoms with Gasteiger partial charge in [-0.2, -0.15) is 0 Å². The van der Waals surface area contributed by atoms with Crippen LogP contribution in [0.3, 0.4) is 0 Å². The van der Waals surface area contributed by atoms with E-state index in [0.29, 0.717) is 21.7 Å². The van der Waals surface area contributed by atoms with Gasteiger partial charge in [-0.3, -0.25) is 9.59 Å². The van der Waals surface area contributed by atoms with Crippen molar-refractivity contribution in [2.45, 2.75) is 17.9 Å². The molecular weight excluding hydrogens is 475 g/mol. The third-order valence-electron chi connectivity index (χ3n) is 4.71.